The highest BCUT2D eigenvalue weighted by atomic mass is 32.1. The summed E-state index contributed by atoms with van der Waals surface area (Å²) in [5.74, 6) is -1.96. The molecule has 3 fully saturated rings. The molecule has 224 valence electrons. The number of rotatable bonds is 7. The summed E-state index contributed by atoms with van der Waals surface area (Å²) >= 11 is 0.581. The van der Waals surface area contributed by atoms with Crippen molar-refractivity contribution in [3.8, 4) is 10.4 Å². The number of carbonyl (C=O) groups is 2. The van der Waals surface area contributed by atoms with Crippen LogP contribution in [-0.4, -0.2) is 68.2 Å². The Morgan fingerprint density at radius 1 is 1.10 bits per heavy atom. The van der Waals surface area contributed by atoms with Gasteiger partial charge in [0.2, 0.25) is 0 Å². The fraction of sp³-hybridized carbons (Fsp3) is 0.615. The molecule has 2 aromatic heterocycles. The van der Waals surface area contributed by atoms with E-state index >= 15 is 0 Å². The van der Waals surface area contributed by atoms with Crippen LogP contribution in [0.15, 0.2) is 12.3 Å². The Balaban J connectivity index is 1.56. The number of aliphatic hydroxyl groups is 1. The van der Waals surface area contributed by atoms with Gasteiger partial charge in [0.05, 0.1) is 22.6 Å². The molecule has 8 nitrogen and oxygen atoms in total. The standard InChI is InChI=1S/C26H29F6N5O3S/c1-2-18(26(30,31)32)35-19-10-15(25(27,28)29)14(11-33-19)21-20(24(40)37-12-6-7-13(37)9-8-12)36-23(41-21)22(39)34-16-4-3-5-17(16)38/h10-13,16-18,38H,2-9H2,1H3,(H,33,35)(H,34,39)/t12?,13?,16-,17-,18+/m1/s1. The molecule has 0 unspecified atom stereocenters. The number of nitrogens with one attached hydrogen (secondary N) is 2. The smallest absolute Gasteiger partial charge is 0.391 e. The highest BCUT2D eigenvalue weighted by molar-refractivity contribution is 7.17. The average Bonchev–Trinajstić information content (AvgIpc) is 3.70. The highest BCUT2D eigenvalue weighted by Crippen LogP contribution is 2.44. The van der Waals surface area contributed by atoms with E-state index in [9.17, 15) is 41.0 Å². The van der Waals surface area contributed by atoms with Gasteiger partial charge in [0.25, 0.3) is 11.8 Å². The number of amides is 2. The van der Waals surface area contributed by atoms with Crippen molar-refractivity contribution in [2.75, 3.05) is 5.32 Å². The van der Waals surface area contributed by atoms with Crippen LogP contribution in [0.1, 0.15) is 84.1 Å². The molecule has 2 amide bonds. The third kappa shape index (κ3) is 5.87. The third-order valence-corrected chi connectivity index (χ3v) is 9.17. The van der Waals surface area contributed by atoms with Gasteiger partial charge in [-0.05, 0) is 57.4 Å². The van der Waals surface area contributed by atoms with Gasteiger partial charge >= 0.3 is 12.4 Å². The van der Waals surface area contributed by atoms with Crippen molar-refractivity contribution in [3.05, 3.63) is 28.5 Å². The van der Waals surface area contributed by atoms with E-state index in [2.05, 4.69) is 15.3 Å². The largest absolute Gasteiger partial charge is 0.417 e. The lowest BCUT2D eigenvalue weighted by Crippen LogP contribution is -2.40. The normalized spacial score (nSPS) is 25.0. The SMILES string of the molecule is CC[C@H](Nc1cc(C(F)(F)F)c(-c2sc(C(=O)N[C@@H]3CCC[C@H]3O)nc2C(=O)N2C3CCC2CC3)cn1)C(F)(F)F. The number of alkyl halides is 6. The van der Waals surface area contributed by atoms with Crippen LogP contribution in [0.2, 0.25) is 0 Å². The Bertz CT molecular complexity index is 1300. The summed E-state index contributed by atoms with van der Waals surface area (Å²) in [7, 11) is 0. The molecule has 4 heterocycles. The second-order valence-corrected chi connectivity index (χ2v) is 11.7. The van der Waals surface area contributed by atoms with E-state index in [1.54, 1.807) is 4.90 Å². The zero-order valence-electron chi connectivity index (χ0n) is 22.0. The highest BCUT2D eigenvalue weighted by Gasteiger charge is 2.45. The van der Waals surface area contributed by atoms with Crippen LogP contribution in [0.25, 0.3) is 10.4 Å². The lowest BCUT2D eigenvalue weighted by atomic mass is 10.0. The maximum Gasteiger partial charge on any atom is 0.417 e. The van der Waals surface area contributed by atoms with Crippen molar-refractivity contribution in [3.63, 3.8) is 0 Å². The molecule has 5 rings (SSSR count). The van der Waals surface area contributed by atoms with Crippen LogP contribution in [0.4, 0.5) is 32.2 Å². The maximum atomic E-state index is 14.3. The number of thiazole rings is 1. The first-order valence-electron chi connectivity index (χ1n) is 13.5. The van der Waals surface area contributed by atoms with Crippen molar-refractivity contribution < 1.29 is 41.0 Å². The third-order valence-electron chi connectivity index (χ3n) is 8.09. The molecule has 2 aliphatic heterocycles. The van der Waals surface area contributed by atoms with Gasteiger partial charge in [0.15, 0.2) is 5.01 Å². The summed E-state index contributed by atoms with van der Waals surface area (Å²) in [6, 6.07) is -2.34. The van der Waals surface area contributed by atoms with Crippen molar-refractivity contribution in [1.29, 1.82) is 0 Å². The van der Waals surface area contributed by atoms with Crippen LogP contribution < -0.4 is 10.6 Å². The Hall–Kier alpha value is -2.94. The number of aliphatic hydroxyl groups excluding tert-OH is 1. The summed E-state index contributed by atoms with van der Waals surface area (Å²) < 4.78 is 82.8. The summed E-state index contributed by atoms with van der Waals surface area (Å²) in [6.45, 7) is 1.24. The zero-order chi connectivity index (χ0) is 29.7. The number of hydrogen-bond donors (Lipinski definition) is 3. The van der Waals surface area contributed by atoms with Crippen molar-refractivity contribution in [2.45, 2.75) is 101 Å². The van der Waals surface area contributed by atoms with E-state index in [0.29, 0.717) is 36.7 Å². The molecule has 0 aromatic carbocycles. The van der Waals surface area contributed by atoms with E-state index in [4.69, 9.17) is 0 Å². The Morgan fingerprint density at radius 2 is 1.76 bits per heavy atom. The van der Waals surface area contributed by atoms with Crippen molar-refractivity contribution in [1.82, 2.24) is 20.2 Å². The second-order valence-electron chi connectivity index (χ2n) is 10.7. The molecule has 0 radical (unpaired) electrons. The Kier molecular flexibility index (Phi) is 7.96. The minimum absolute atomic E-state index is 0.0758. The first-order chi connectivity index (χ1) is 19.3. The van der Waals surface area contributed by atoms with E-state index < -0.39 is 65.7 Å². The second kappa shape index (κ2) is 11.0. The molecule has 3 N–H and O–H groups in total. The molecule has 1 aliphatic carbocycles. The van der Waals surface area contributed by atoms with Crippen LogP contribution >= 0.6 is 11.3 Å². The molecule has 2 aromatic rings. The molecule has 15 heteroatoms. The van der Waals surface area contributed by atoms with Gasteiger partial charge in [-0.3, -0.25) is 9.59 Å². The fourth-order valence-corrected chi connectivity index (χ4v) is 6.98. The van der Waals surface area contributed by atoms with Gasteiger partial charge in [0, 0.05) is 23.8 Å². The molecule has 0 spiro atoms. The van der Waals surface area contributed by atoms with Gasteiger partial charge < -0.3 is 20.6 Å². The minimum atomic E-state index is -5.03. The summed E-state index contributed by atoms with van der Waals surface area (Å²) in [6.07, 6.45) is -5.45. The average molecular weight is 606 g/mol. The number of halogens is 6. The first-order valence-corrected chi connectivity index (χ1v) is 14.3. The van der Waals surface area contributed by atoms with Crippen molar-refractivity contribution >= 4 is 29.0 Å². The molecular formula is C26H29F6N5O3S. The number of nitrogens with zero attached hydrogens (tertiary/aromatic N) is 3. The van der Waals surface area contributed by atoms with Gasteiger partial charge in [-0.2, -0.15) is 26.3 Å². The van der Waals surface area contributed by atoms with E-state index in [-0.39, 0.29) is 27.7 Å². The lowest BCUT2D eigenvalue weighted by molar-refractivity contribution is -0.142. The molecule has 3 aliphatic rings. The predicted octanol–water partition coefficient (Wildman–Crippen LogP) is 5.39. The molecule has 2 bridgehead atoms. The fourth-order valence-electron chi connectivity index (χ4n) is 5.99. The van der Waals surface area contributed by atoms with Crippen LogP contribution in [0.3, 0.4) is 0 Å². The number of hydrogen-bond acceptors (Lipinski definition) is 7. The molecule has 1 saturated carbocycles. The summed E-state index contributed by atoms with van der Waals surface area (Å²) in [4.78, 5) is 36.2. The van der Waals surface area contributed by atoms with E-state index in [1.807, 2.05) is 5.32 Å². The molecule has 2 saturated heterocycles. The van der Waals surface area contributed by atoms with E-state index in [0.717, 1.165) is 31.9 Å². The first kappa shape index (κ1) is 29.5. The monoisotopic (exact) mass is 605 g/mol. The van der Waals surface area contributed by atoms with E-state index in [1.165, 1.54) is 6.92 Å². The maximum absolute atomic E-state index is 14.3. The minimum Gasteiger partial charge on any atom is -0.391 e. The topological polar surface area (TPSA) is 107 Å². The summed E-state index contributed by atoms with van der Waals surface area (Å²) in [5.41, 5.74) is -2.21. The van der Waals surface area contributed by atoms with Crippen LogP contribution in [0, 0.1) is 0 Å². The predicted molar refractivity (Wildman–Crippen MR) is 137 cm³/mol. The van der Waals surface area contributed by atoms with Gasteiger partial charge in [0.1, 0.15) is 17.6 Å². The number of carbonyl (C=O) groups excluding carboxylic acids is 2. The molecular weight excluding hydrogens is 576 g/mol. The van der Waals surface area contributed by atoms with Gasteiger partial charge in [-0.25, -0.2) is 9.97 Å². The van der Waals surface area contributed by atoms with Crippen LogP contribution in [0.5, 0.6) is 0 Å². The van der Waals surface area contributed by atoms with Crippen LogP contribution in [-0.2, 0) is 6.18 Å². The molecule has 3 atom stereocenters. The molecule has 41 heavy (non-hydrogen) atoms. The number of aromatic nitrogens is 2. The Labute approximate surface area is 235 Å². The number of fused-ring (bicyclic) bond motifs is 2. The quantitative estimate of drug-likeness (QED) is 0.366. The lowest BCUT2D eigenvalue weighted by Gasteiger charge is -2.23. The van der Waals surface area contributed by atoms with Gasteiger partial charge in [-0.15, -0.1) is 11.3 Å². The number of anilines is 1. The number of pyridine rings is 1. The Morgan fingerprint density at radius 3 is 2.29 bits per heavy atom. The summed E-state index contributed by atoms with van der Waals surface area (Å²) in [5, 5.41) is 14.5. The zero-order valence-corrected chi connectivity index (χ0v) is 22.8. The van der Waals surface area contributed by atoms with Gasteiger partial charge in [-0.1, -0.05) is 6.92 Å². The van der Waals surface area contributed by atoms with Crippen molar-refractivity contribution in [2.24, 2.45) is 0 Å².